The first-order valence-corrected chi connectivity index (χ1v) is 4.30. The summed E-state index contributed by atoms with van der Waals surface area (Å²) in [6.07, 6.45) is 3.00. The van der Waals surface area contributed by atoms with Crippen LogP contribution >= 0.6 is 0 Å². The van der Waals surface area contributed by atoms with E-state index in [1.165, 1.54) is 5.57 Å². The van der Waals surface area contributed by atoms with Gasteiger partial charge in [0.25, 0.3) is 0 Å². The first-order chi connectivity index (χ1) is 5.47. The van der Waals surface area contributed by atoms with Crippen LogP contribution in [0.3, 0.4) is 0 Å². The number of nitriles is 1. The third-order valence-electron chi connectivity index (χ3n) is 2.58. The molecule has 1 rings (SSSR count). The van der Waals surface area contributed by atoms with E-state index < -0.39 is 0 Å². The van der Waals surface area contributed by atoms with Crippen LogP contribution < -0.4 is 5.73 Å². The molecular weight excluding hydrogens is 148 g/mol. The predicted molar refractivity (Wildman–Crippen MR) is 49.2 cm³/mol. The Kier molecular flexibility index (Phi) is 2.25. The molecule has 2 N–H and O–H groups in total. The van der Waals surface area contributed by atoms with Crippen molar-refractivity contribution in [3.63, 3.8) is 0 Å². The maximum atomic E-state index is 8.92. The monoisotopic (exact) mass is 164 g/mol. The zero-order chi connectivity index (χ0) is 9.35. The van der Waals surface area contributed by atoms with E-state index in [-0.39, 0.29) is 17.4 Å². The predicted octanol–water partition coefficient (Wildman–Crippen LogP) is 1.83. The Bertz CT molecular complexity index is 245. The molecule has 0 aliphatic heterocycles. The van der Waals surface area contributed by atoms with Gasteiger partial charge in [-0.25, -0.2) is 0 Å². The highest BCUT2D eigenvalue weighted by molar-refractivity contribution is 5.19. The molecule has 0 aromatic rings. The summed E-state index contributed by atoms with van der Waals surface area (Å²) in [7, 11) is 0. The lowest BCUT2D eigenvalue weighted by Crippen LogP contribution is -2.40. The van der Waals surface area contributed by atoms with Gasteiger partial charge in [0.1, 0.15) is 0 Å². The Morgan fingerprint density at radius 3 is 2.67 bits per heavy atom. The fourth-order valence-electron chi connectivity index (χ4n) is 2.09. The van der Waals surface area contributed by atoms with Crippen LogP contribution in [-0.2, 0) is 0 Å². The van der Waals surface area contributed by atoms with Crippen molar-refractivity contribution in [2.24, 2.45) is 17.1 Å². The molecule has 0 fully saturated rings. The zero-order valence-electron chi connectivity index (χ0n) is 7.96. The van der Waals surface area contributed by atoms with E-state index in [1.807, 2.05) is 6.08 Å². The summed E-state index contributed by atoms with van der Waals surface area (Å²) in [4.78, 5) is 0. The summed E-state index contributed by atoms with van der Waals surface area (Å²) in [6.45, 7) is 6.30. The Hall–Kier alpha value is -0.810. The molecule has 0 spiro atoms. The van der Waals surface area contributed by atoms with E-state index in [4.69, 9.17) is 11.0 Å². The summed E-state index contributed by atoms with van der Waals surface area (Å²) in [6, 6.07) is 2.21. The Morgan fingerprint density at radius 1 is 1.67 bits per heavy atom. The van der Waals surface area contributed by atoms with Gasteiger partial charge in [-0.2, -0.15) is 5.26 Å². The number of hydrogen-bond acceptors (Lipinski definition) is 2. The second kappa shape index (κ2) is 2.91. The van der Waals surface area contributed by atoms with Crippen molar-refractivity contribution < 1.29 is 0 Å². The lowest BCUT2D eigenvalue weighted by atomic mass is 9.68. The molecule has 1 aliphatic carbocycles. The van der Waals surface area contributed by atoms with Gasteiger partial charge in [-0.15, -0.1) is 0 Å². The third kappa shape index (κ3) is 1.51. The van der Waals surface area contributed by atoms with Crippen LogP contribution in [0.2, 0.25) is 0 Å². The van der Waals surface area contributed by atoms with Crippen LogP contribution in [0.4, 0.5) is 0 Å². The molecule has 0 bridgehead atoms. The zero-order valence-corrected chi connectivity index (χ0v) is 7.96. The minimum absolute atomic E-state index is 0.0347. The van der Waals surface area contributed by atoms with Crippen molar-refractivity contribution in [3.05, 3.63) is 11.6 Å². The quantitative estimate of drug-likeness (QED) is 0.555. The first kappa shape index (κ1) is 9.28. The molecule has 1 aliphatic rings. The Labute approximate surface area is 74.1 Å². The van der Waals surface area contributed by atoms with E-state index in [1.54, 1.807) is 0 Å². The molecule has 0 aromatic heterocycles. The van der Waals surface area contributed by atoms with Crippen molar-refractivity contribution >= 4 is 0 Å². The van der Waals surface area contributed by atoms with Gasteiger partial charge in [0.15, 0.2) is 0 Å². The second-order valence-corrected chi connectivity index (χ2v) is 4.36. The molecule has 2 unspecified atom stereocenters. The van der Waals surface area contributed by atoms with Crippen LogP contribution in [-0.4, -0.2) is 6.04 Å². The van der Waals surface area contributed by atoms with E-state index in [0.717, 1.165) is 6.42 Å². The van der Waals surface area contributed by atoms with Gasteiger partial charge < -0.3 is 5.73 Å². The van der Waals surface area contributed by atoms with Crippen LogP contribution in [0, 0.1) is 22.7 Å². The average Bonchev–Trinajstić information content (AvgIpc) is 1.82. The second-order valence-electron chi connectivity index (χ2n) is 4.36. The van der Waals surface area contributed by atoms with Gasteiger partial charge >= 0.3 is 0 Å². The average molecular weight is 164 g/mol. The fourth-order valence-corrected chi connectivity index (χ4v) is 2.09. The molecule has 0 saturated heterocycles. The highest BCUT2D eigenvalue weighted by Crippen LogP contribution is 2.39. The Balaban J connectivity index is 2.96. The molecule has 66 valence electrons. The number of allylic oxidation sites excluding steroid dienone is 1. The minimum Gasteiger partial charge on any atom is -0.323 e. The van der Waals surface area contributed by atoms with Gasteiger partial charge in [-0.3, -0.25) is 0 Å². The highest BCUT2D eigenvalue weighted by Gasteiger charge is 2.36. The minimum atomic E-state index is -0.0845. The smallest absolute Gasteiger partial charge is 0.0704 e. The van der Waals surface area contributed by atoms with Crippen LogP contribution in [0.1, 0.15) is 27.2 Å². The summed E-state index contributed by atoms with van der Waals surface area (Å²) < 4.78 is 0. The lowest BCUT2D eigenvalue weighted by molar-refractivity contribution is 0.231. The molecule has 2 atom stereocenters. The molecule has 0 heterocycles. The first-order valence-electron chi connectivity index (χ1n) is 4.30. The van der Waals surface area contributed by atoms with Crippen molar-refractivity contribution in [2.75, 3.05) is 0 Å². The molecule has 0 saturated carbocycles. The largest absolute Gasteiger partial charge is 0.323 e. The van der Waals surface area contributed by atoms with Crippen molar-refractivity contribution in [1.29, 1.82) is 5.26 Å². The van der Waals surface area contributed by atoms with Gasteiger partial charge in [0, 0.05) is 6.04 Å². The Morgan fingerprint density at radius 2 is 2.25 bits per heavy atom. The fraction of sp³-hybridized carbons (Fsp3) is 0.700. The van der Waals surface area contributed by atoms with E-state index >= 15 is 0 Å². The molecule has 2 heteroatoms. The van der Waals surface area contributed by atoms with Gasteiger partial charge in [-0.05, 0) is 18.8 Å². The summed E-state index contributed by atoms with van der Waals surface area (Å²) in [5.41, 5.74) is 7.20. The standard InChI is InChI=1S/C10H16N2/c1-7-4-9(12)8(6-11)10(2,3)5-7/h4,8-9H,5,12H2,1-3H3. The van der Waals surface area contributed by atoms with Crippen LogP contribution in [0.25, 0.3) is 0 Å². The van der Waals surface area contributed by atoms with Gasteiger partial charge in [-0.1, -0.05) is 25.5 Å². The number of rotatable bonds is 0. The lowest BCUT2D eigenvalue weighted by Gasteiger charge is -2.37. The normalized spacial score (nSPS) is 33.8. The van der Waals surface area contributed by atoms with E-state index in [0.29, 0.717) is 0 Å². The maximum Gasteiger partial charge on any atom is 0.0704 e. The third-order valence-corrected chi connectivity index (χ3v) is 2.58. The van der Waals surface area contributed by atoms with Crippen LogP contribution in [0.5, 0.6) is 0 Å². The van der Waals surface area contributed by atoms with E-state index in [9.17, 15) is 0 Å². The molecule has 2 nitrogen and oxygen atoms in total. The number of nitrogens with zero attached hydrogens (tertiary/aromatic N) is 1. The summed E-state index contributed by atoms with van der Waals surface area (Å²) in [5.74, 6) is -0.0406. The van der Waals surface area contributed by atoms with E-state index in [2.05, 4.69) is 26.8 Å². The molecule has 0 aromatic carbocycles. The highest BCUT2D eigenvalue weighted by atomic mass is 14.7. The number of nitrogens with two attached hydrogens (primary N) is 1. The summed E-state index contributed by atoms with van der Waals surface area (Å²) >= 11 is 0. The molecule has 0 radical (unpaired) electrons. The van der Waals surface area contributed by atoms with Crippen molar-refractivity contribution in [3.8, 4) is 6.07 Å². The van der Waals surface area contributed by atoms with Crippen LogP contribution in [0.15, 0.2) is 11.6 Å². The maximum absolute atomic E-state index is 8.92. The van der Waals surface area contributed by atoms with Gasteiger partial charge in [0.2, 0.25) is 0 Å². The molecular formula is C10H16N2. The van der Waals surface area contributed by atoms with Crippen molar-refractivity contribution in [2.45, 2.75) is 33.2 Å². The molecule has 12 heavy (non-hydrogen) atoms. The summed E-state index contributed by atoms with van der Waals surface area (Å²) in [5, 5.41) is 8.92. The van der Waals surface area contributed by atoms with Crippen molar-refractivity contribution in [1.82, 2.24) is 0 Å². The van der Waals surface area contributed by atoms with Gasteiger partial charge in [0.05, 0.1) is 12.0 Å². The topological polar surface area (TPSA) is 49.8 Å². The molecule has 0 amide bonds. The number of hydrogen-bond donors (Lipinski definition) is 1. The SMILES string of the molecule is CC1=CC(N)C(C#N)C(C)(C)C1.